The second-order valence-electron chi connectivity index (χ2n) is 8.85. The molecule has 1 aromatic heterocycles. The van der Waals surface area contributed by atoms with Gasteiger partial charge in [-0.2, -0.15) is 0 Å². The molecule has 1 amide bonds. The van der Waals surface area contributed by atoms with Crippen LogP contribution in [-0.2, 0) is 14.8 Å². The number of rotatable bonds is 7. The number of sulfonamides is 1. The van der Waals surface area contributed by atoms with E-state index in [0.717, 1.165) is 29.1 Å². The molecule has 7 nitrogen and oxygen atoms in total. The van der Waals surface area contributed by atoms with Crippen LogP contribution >= 0.6 is 0 Å². The molecule has 1 heterocycles. The Morgan fingerprint density at radius 2 is 1.84 bits per heavy atom. The Morgan fingerprint density at radius 1 is 1.19 bits per heavy atom. The van der Waals surface area contributed by atoms with Crippen LogP contribution < -0.4 is 9.62 Å². The van der Waals surface area contributed by atoms with Crippen LogP contribution in [0, 0.1) is 19.8 Å². The maximum atomic E-state index is 13.6. The SMILES string of the molecule is Cc1noc(C)c1S(=O)(=O)N(CC(=O)NC1CCCCC1C)c1ccc(C(C)C)cc1. The fourth-order valence-electron chi connectivity index (χ4n) is 4.21. The van der Waals surface area contributed by atoms with Crippen LogP contribution in [0.1, 0.15) is 69.4 Å². The molecule has 1 aromatic carbocycles. The molecule has 8 heteroatoms. The van der Waals surface area contributed by atoms with Crippen molar-refractivity contribution in [2.75, 3.05) is 10.8 Å². The zero-order valence-electron chi connectivity index (χ0n) is 19.0. The minimum atomic E-state index is -4.04. The van der Waals surface area contributed by atoms with E-state index < -0.39 is 10.0 Å². The highest BCUT2D eigenvalue weighted by atomic mass is 32.2. The largest absolute Gasteiger partial charge is 0.360 e. The first-order valence-corrected chi connectivity index (χ1v) is 12.4. The van der Waals surface area contributed by atoms with Crippen LogP contribution in [-0.4, -0.2) is 32.1 Å². The highest BCUT2D eigenvalue weighted by Gasteiger charge is 2.33. The average Bonchev–Trinajstić information content (AvgIpc) is 3.06. The lowest BCUT2D eigenvalue weighted by Crippen LogP contribution is -2.47. The van der Waals surface area contributed by atoms with Crippen molar-refractivity contribution in [3.63, 3.8) is 0 Å². The summed E-state index contributed by atoms with van der Waals surface area (Å²) in [5, 5.41) is 6.86. The van der Waals surface area contributed by atoms with Gasteiger partial charge < -0.3 is 9.84 Å². The molecular weight excluding hydrogens is 414 g/mol. The number of carbonyl (C=O) groups excluding carboxylic acids is 1. The van der Waals surface area contributed by atoms with Crippen molar-refractivity contribution in [2.24, 2.45) is 5.92 Å². The number of carbonyl (C=O) groups is 1. The second-order valence-corrected chi connectivity index (χ2v) is 10.6. The summed E-state index contributed by atoms with van der Waals surface area (Å²) < 4.78 is 33.4. The molecule has 2 aromatic rings. The Hall–Kier alpha value is -2.35. The molecule has 1 saturated carbocycles. The number of hydrogen-bond acceptors (Lipinski definition) is 5. The number of amides is 1. The van der Waals surface area contributed by atoms with Gasteiger partial charge in [0.1, 0.15) is 12.2 Å². The lowest BCUT2D eigenvalue weighted by molar-refractivity contribution is -0.120. The van der Waals surface area contributed by atoms with Gasteiger partial charge in [-0.3, -0.25) is 9.10 Å². The summed E-state index contributed by atoms with van der Waals surface area (Å²) in [4.78, 5) is 13.0. The number of nitrogens with one attached hydrogen (secondary N) is 1. The Morgan fingerprint density at radius 3 is 2.39 bits per heavy atom. The molecule has 0 aliphatic heterocycles. The molecule has 2 atom stereocenters. The van der Waals surface area contributed by atoms with Crippen LogP contribution in [0.4, 0.5) is 5.69 Å². The zero-order valence-corrected chi connectivity index (χ0v) is 19.8. The van der Waals surface area contributed by atoms with Gasteiger partial charge in [0.2, 0.25) is 5.91 Å². The smallest absolute Gasteiger partial charge is 0.270 e. The summed E-state index contributed by atoms with van der Waals surface area (Å²) in [6.07, 6.45) is 4.24. The normalized spacial score (nSPS) is 19.4. The van der Waals surface area contributed by atoms with Crippen molar-refractivity contribution in [3.05, 3.63) is 41.3 Å². The highest BCUT2D eigenvalue weighted by Crippen LogP contribution is 2.29. The molecule has 3 rings (SSSR count). The van der Waals surface area contributed by atoms with E-state index in [4.69, 9.17) is 4.52 Å². The number of benzene rings is 1. The first-order chi connectivity index (χ1) is 14.6. The van der Waals surface area contributed by atoms with E-state index in [1.54, 1.807) is 26.0 Å². The van der Waals surface area contributed by atoms with Crippen molar-refractivity contribution in [2.45, 2.75) is 77.2 Å². The quantitative estimate of drug-likeness (QED) is 0.683. The van der Waals surface area contributed by atoms with Crippen molar-refractivity contribution in [1.82, 2.24) is 10.5 Å². The number of anilines is 1. The van der Waals surface area contributed by atoms with Gasteiger partial charge in [-0.25, -0.2) is 8.42 Å². The van der Waals surface area contributed by atoms with E-state index in [1.807, 2.05) is 12.1 Å². The highest BCUT2D eigenvalue weighted by molar-refractivity contribution is 7.93. The number of nitrogens with zero attached hydrogens (tertiary/aromatic N) is 2. The van der Waals surface area contributed by atoms with Crippen LogP contribution in [0.5, 0.6) is 0 Å². The fraction of sp³-hybridized carbons (Fsp3) is 0.565. The average molecular weight is 448 g/mol. The summed E-state index contributed by atoms with van der Waals surface area (Å²) >= 11 is 0. The van der Waals surface area contributed by atoms with E-state index in [9.17, 15) is 13.2 Å². The summed E-state index contributed by atoms with van der Waals surface area (Å²) in [5.41, 5.74) is 1.82. The third-order valence-corrected chi connectivity index (χ3v) is 8.13. The van der Waals surface area contributed by atoms with E-state index in [-0.39, 0.29) is 34.8 Å². The summed E-state index contributed by atoms with van der Waals surface area (Å²) in [6, 6.07) is 7.38. The molecular formula is C23H33N3O4S. The van der Waals surface area contributed by atoms with Gasteiger partial charge in [-0.15, -0.1) is 0 Å². The van der Waals surface area contributed by atoms with Crippen molar-refractivity contribution < 1.29 is 17.7 Å². The standard InChI is InChI=1S/C23H33N3O4S/c1-15(2)19-10-12-20(13-11-19)26(31(28,29)23-17(4)25-30-18(23)5)14-22(27)24-21-9-7-6-8-16(21)3/h10-13,15-16,21H,6-9,14H2,1-5H3,(H,24,27). The van der Waals surface area contributed by atoms with E-state index in [1.165, 1.54) is 6.42 Å². The zero-order chi connectivity index (χ0) is 22.8. The monoisotopic (exact) mass is 447 g/mol. The number of aryl methyl sites for hydroxylation is 2. The lowest BCUT2D eigenvalue weighted by Gasteiger charge is -2.31. The predicted octanol–water partition coefficient (Wildman–Crippen LogP) is 4.31. The Labute approximate surface area is 185 Å². The first kappa shape index (κ1) is 23.3. The Kier molecular flexibility index (Phi) is 7.09. The van der Waals surface area contributed by atoms with Gasteiger partial charge in [-0.1, -0.05) is 50.9 Å². The van der Waals surface area contributed by atoms with Gasteiger partial charge >= 0.3 is 0 Å². The molecule has 170 valence electrons. The van der Waals surface area contributed by atoms with Crippen LogP contribution in [0.2, 0.25) is 0 Å². The molecule has 1 aliphatic rings. The van der Waals surface area contributed by atoms with Crippen LogP contribution in [0.3, 0.4) is 0 Å². The fourth-order valence-corrected chi connectivity index (χ4v) is 5.93. The van der Waals surface area contributed by atoms with E-state index in [2.05, 4.69) is 31.2 Å². The van der Waals surface area contributed by atoms with Crippen LogP contribution in [0.25, 0.3) is 0 Å². The third-order valence-electron chi connectivity index (χ3n) is 6.11. The third kappa shape index (κ3) is 5.11. The summed E-state index contributed by atoms with van der Waals surface area (Å²) in [5.74, 6) is 0.609. The van der Waals surface area contributed by atoms with Crippen LogP contribution in [0.15, 0.2) is 33.7 Å². The van der Waals surface area contributed by atoms with Gasteiger partial charge in [0.25, 0.3) is 10.0 Å². The number of aromatic nitrogens is 1. The molecule has 2 unspecified atom stereocenters. The first-order valence-electron chi connectivity index (χ1n) is 11.0. The minimum absolute atomic E-state index is 0.0132. The summed E-state index contributed by atoms with van der Waals surface area (Å²) in [6.45, 7) is 9.14. The molecule has 1 aliphatic carbocycles. The molecule has 31 heavy (non-hydrogen) atoms. The number of hydrogen-bond donors (Lipinski definition) is 1. The van der Waals surface area contributed by atoms with Gasteiger partial charge in [0, 0.05) is 6.04 Å². The topological polar surface area (TPSA) is 92.5 Å². The second kappa shape index (κ2) is 9.42. The molecule has 0 radical (unpaired) electrons. The van der Waals surface area contributed by atoms with E-state index >= 15 is 0 Å². The van der Waals surface area contributed by atoms with Crippen molar-refractivity contribution >= 4 is 21.6 Å². The molecule has 0 saturated heterocycles. The van der Waals surface area contributed by atoms with Crippen molar-refractivity contribution in [3.8, 4) is 0 Å². The van der Waals surface area contributed by atoms with Gasteiger partial charge in [0.15, 0.2) is 10.7 Å². The molecule has 0 bridgehead atoms. The maximum Gasteiger partial charge on any atom is 0.270 e. The van der Waals surface area contributed by atoms with Crippen molar-refractivity contribution in [1.29, 1.82) is 0 Å². The molecule has 1 N–H and O–H groups in total. The van der Waals surface area contributed by atoms with Gasteiger partial charge in [-0.05, 0) is 56.2 Å². The summed E-state index contributed by atoms with van der Waals surface area (Å²) in [7, 11) is -4.04. The maximum absolute atomic E-state index is 13.6. The lowest BCUT2D eigenvalue weighted by atomic mass is 9.86. The Bertz CT molecular complexity index is 992. The minimum Gasteiger partial charge on any atom is -0.360 e. The van der Waals surface area contributed by atoms with E-state index in [0.29, 0.717) is 17.5 Å². The molecule has 0 spiro atoms. The van der Waals surface area contributed by atoms with Gasteiger partial charge in [0.05, 0.1) is 5.69 Å². The Balaban J connectivity index is 1.93. The predicted molar refractivity (Wildman–Crippen MR) is 121 cm³/mol. The molecule has 1 fully saturated rings.